The molecule has 6 nitrogen and oxygen atoms in total. The maximum Gasteiger partial charge on any atom is 0.238 e. The molecular weight excluding hydrogens is 290 g/mol. The monoisotopic (exact) mass is 307 g/mol. The Hall–Kier alpha value is -2.09. The van der Waals surface area contributed by atoms with Crippen LogP contribution in [0.4, 0.5) is 17.1 Å². The van der Waals surface area contributed by atoms with Crippen LogP contribution in [0.25, 0.3) is 0 Å². The predicted octanol–water partition coefficient (Wildman–Crippen LogP) is 1.81. The van der Waals surface area contributed by atoms with Gasteiger partial charge in [-0.1, -0.05) is 18.2 Å². The summed E-state index contributed by atoms with van der Waals surface area (Å²) in [5.74, 6) is 0. The van der Waals surface area contributed by atoms with Crippen LogP contribution in [0.3, 0.4) is 0 Å². The summed E-state index contributed by atoms with van der Waals surface area (Å²) in [6.45, 7) is 0.429. The minimum Gasteiger partial charge on any atom is -0.397 e. The van der Waals surface area contributed by atoms with Crippen LogP contribution < -0.4 is 16.2 Å². The number of hydrogen-bond donors (Lipinski definition) is 3. The fourth-order valence-corrected chi connectivity index (χ4v) is 2.43. The average molecular weight is 307 g/mol. The number of rotatable bonds is 5. The first-order valence-electron chi connectivity index (χ1n) is 6.18. The molecule has 0 fully saturated rings. The molecule has 0 aliphatic carbocycles. The second kappa shape index (κ2) is 6.13. The van der Waals surface area contributed by atoms with Crippen LogP contribution in [0.2, 0.25) is 0 Å². The lowest BCUT2D eigenvalue weighted by atomic mass is 10.1. The van der Waals surface area contributed by atoms with Crippen molar-refractivity contribution in [3.8, 4) is 0 Å². The molecule has 0 aromatic heterocycles. The lowest BCUT2D eigenvalue weighted by Crippen LogP contribution is -2.12. The summed E-state index contributed by atoms with van der Waals surface area (Å²) in [7, 11) is -2.17. The van der Waals surface area contributed by atoms with E-state index in [1.54, 1.807) is 7.11 Å². The van der Waals surface area contributed by atoms with Gasteiger partial charge in [0.05, 0.1) is 22.9 Å². The molecule has 112 valence electrons. The van der Waals surface area contributed by atoms with Crippen molar-refractivity contribution in [2.45, 2.75) is 11.5 Å². The summed E-state index contributed by atoms with van der Waals surface area (Å²) in [4.78, 5) is 0.00317. The van der Waals surface area contributed by atoms with Crippen molar-refractivity contribution >= 4 is 27.1 Å². The number of anilines is 3. The molecule has 0 spiro atoms. The molecule has 0 amide bonds. The summed E-state index contributed by atoms with van der Waals surface area (Å²) in [5.41, 5.74) is 8.50. The third kappa shape index (κ3) is 3.72. The Morgan fingerprint density at radius 2 is 1.86 bits per heavy atom. The smallest absolute Gasteiger partial charge is 0.238 e. The molecule has 0 unspecified atom stereocenters. The molecule has 21 heavy (non-hydrogen) atoms. The Morgan fingerprint density at radius 3 is 2.52 bits per heavy atom. The number of hydrogen-bond acceptors (Lipinski definition) is 5. The van der Waals surface area contributed by atoms with Crippen molar-refractivity contribution in [3.63, 3.8) is 0 Å². The zero-order valence-corrected chi connectivity index (χ0v) is 12.4. The van der Waals surface area contributed by atoms with Crippen LogP contribution in [-0.2, 0) is 21.4 Å². The number of ether oxygens (including phenoxy) is 1. The summed E-state index contributed by atoms with van der Waals surface area (Å²) in [6.07, 6.45) is 0. The summed E-state index contributed by atoms with van der Waals surface area (Å²) >= 11 is 0. The fraction of sp³-hybridized carbons (Fsp3) is 0.143. The standard InChI is InChI=1S/C14H17N3O3S/c1-20-9-10-4-2-3-5-13(10)17-14-8-11(21(16,18)19)6-7-12(14)15/h2-8,17H,9,15H2,1H3,(H2,16,18,19). The number of sulfonamides is 1. The second-order valence-corrected chi connectivity index (χ2v) is 6.07. The SMILES string of the molecule is COCc1ccccc1Nc1cc(S(N)(=O)=O)ccc1N. The van der Waals surface area contributed by atoms with Gasteiger partial charge >= 0.3 is 0 Å². The second-order valence-electron chi connectivity index (χ2n) is 4.51. The van der Waals surface area contributed by atoms with E-state index < -0.39 is 10.0 Å². The third-order valence-electron chi connectivity index (χ3n) is 2.94. The van der Waals surface area contributed by atoms with Gasteiger partial charge in [-0.15, -0.1) is 0 Å². The third-order valence-corrected chi connectivity index (χ3v) is 3.85. The molecule has 0 aliphatic heterocycles. The highest BCUT2D eigenvalue weighted by atomic mass is 32.2. The number of nitrogen functional groups attached to an aromatic ring is 1. The van der Waals surface area contributed by atoms with Crippen LogP contribution in [0.15, 0.2) is 47.4 Å². The van der Waals surface area contributed by atoms with E-state index in [0.717, 1.165) is 11.3 Å². The van der Waals surface area contributed by atoms with Crippen LogP contribution in [0.1, 0.15) is 5.56 Å². The van der Waals surface area contributed by atoms with Gasteiger partial charge in [-0.3, -0.25) is 0 Å². The van der Waals surface area contributed by atoms with E-state index in [1.807, 2.05) is 24.3 Å². The summed E-state index contributed by atoms with van der Waals surface area (Å²) in [5, 5.41) is 8.24. The highest BCUT2D eigenvalue weighted by Gasteiger charge is 2.11. The van der Waals surface area contributed by atoms with Crippen molar-refractivity contribution in [1.29, 1.82) is 0 Å². The quantitative estimate of drug-likeness (QED) is 0.730. The zero-order chi connectivity index (χ0) is 15.5. The largest absolute Gasteiger partial charge is 0.397 e. The van der Waals surface area contributed by atoms with Crippen LogP contribution >= 0.6 is 0 Å². The van der Waals surface area contributed by atoms with Crippen LogP contribution in [0, 0.1) is 0 Å². The van der Waals surface area contributed by atoms with E-state index in [4.69, 9.17) is 15.6 Å². The number of para-hydroxylation sites is 1. The minimum atomic E-state index is -3.77. The number of methoxy groups -OCH3 is 1. The molecule has 0 bridgehead atoms. The molecule has 0 saturated heterocycles. The highest BCUT2D eigenvalue weighted by molar-refractivity contribution is 7.89. The van der Waals surface area contributed by atoms with Gasteiger partial charge < -0.3 is 15.8 Å². The first kappa shape index (κ1) is 15.3. The fourth-order valence-electron chi connectivity index (χ4n) is 1.89. The van der Waals surface area contributed by atoms with E-state index in [2.05, 4.69) is 5.32 Å². The van der Waals surface area contributed by atoms with Gasteiger partial charge in [0, 0.05) is 18.4 Å². The van der Waals surface area contributed by atoms with E-state index in [1.165, 1.54) is 18.2 Å². The van der Waals surface area contributed by atoms with Gasteiger partial charge in [0.1, 0.15) is 0 Å². The van der Waals surface area contributed by atoms with Gasteiger partial charge in [0.2, 0.25) is 10.0 Å². The molecule has 0 atom stereocenters. The number of nitrogens with two attached hydrogens (primary N) is 2. The molecule has 0 heterocycles. The van der Waals surface area contributed by atoms with E-state index in [9.17, 15) is 8.42 Å². The van der Waals surface area contributed by atoms with E-state index in [-0.39, 0.29) is 4.90 Å². The normalized spacial score (nSPS) is 11.3. The summed E-state index contributed by atoms with van der Waals surface area (Å²) < 4.78 is 27.9. The van der Waals surface area contributed by atoms with Crippen molar-refractivity contribution in [2.75, 3.05) is 18.2 Å². The first-order chi connectivity index (χ1) is 9.91. The lowest BCUT2D eigenvalue weighted by molar-refractivity contribution is 0.185. The van der Waals surface area contributed by atoms with E-state index >= 15 is 0 Å². The lowest BCUT2D eigenvalue weighted by Gasteiger charge is -2.14. The molecule has 0 aliphatic rings. The Balaban J connectivity index is 2.40. The minimum absolute atomic E-state index is 0.00317. The maximum atomic E-state index is 11.4. The Labute approximate surface area is 123 Å². The van der Waals surface area contributed by atoms with Crippen molar-refractivity contribution in [1.82, 2.24) is 0 Å². The molecule has 7 heteroatoms. The topological polar surface area (TPSA) is 107 Å². The molecule has 2 rings (SSSR count). The predicted molar refractivity (Wildman–Crippen MR) is 82.7 cm³/mol. The molecule has 2 aromatic rings. The molecular formula is C14H17N3O3S. The first-order valence-corrected chi connectivity index (χ1v) is 7.72. The molecule has 2 aromatic carbocycles. The van der Waals surface area contributed by atoms with E-state index in [0.29, 0.717) is 18.0 Å². The Bertz CT molecular complexity index is 745. The number of primary sulfonamides is 1. The molecule has 0 saturated carbocycles. The average Bonchev–Trinajstić information content (AvgIpc) is 2.42. The number of nitrogens with one attached hydrogen (secondary N) is 1. The van der Waals surface area contributed by atoms with Crippen molar-refractivity contribution in [3.05, 3.63) is 48.0 Å². The summed E-state index contributed by atoms with van der Waals surface area (Å²) in [6, 6.07) is 11.8. The van der Waals surface area contributed by atoms with Gasteiger partial charge in [0.15, 0.2) is 0 Å². The van der Waals surface area contributed by atoms with Crippen LogP contribution in [0.5, 0.6) is 0 Å². The number of benzene rings is 2. The van der Waals surface area contributed by atoms with Gasteiger partial charge in [-0.25, -0.2) is 13.6 Å². The van der Waals surface area contributed by atoms with Crippen molar-refractivity contribution in [2.24, 2.45) is 5.14 Å². The Morgan fingerprint density at radius 1 is 1.14 bits per heavy atom. The van der Waals surface area contributed by atoms with Gasteiger partial charge in [-0.05, 0) is 24.3 Å². The molecule has 0 radical (unpaired) electrons. The van der Waals surface area contributed by atoms with Gasteiger partial charge in [-0.2, -0.15) is 0 Å². The molecule has 5 N–H and O–H groups in total. The van der Waals surface area contributed by atoms with Gasteiger partial charge in [0.25, 0.3) is 0 Å². The zero-order valence-electron chi connectivity index (χ0n) is 11.5. The van der Waals surface area contributed by atoms with Crippen LogP contribution in [-0.4, -0.2) is 15.5 Å². The highest BCUT2D eigenvalue weighted by Crippen LogP contribution is 2.28. The Kier molecular flexibility index (Phi) is 4.46. The van der Waals surface area contributed by atoms with Crippen molar-refractivity contribution < 1.29 is 13.2 Å². The maximum absolute atomic E-state index is 11.4.